The van der Waals surface area contributed by atoms with Crippen molar-refractivity contribution in [3.05, 3.63) is 126 Å². The van der Waals surface area contributed by atoms with E-state index in [-0.39, 0.29) is 18.0 Å². The molecule has 0 aliphatic rings. The molecule has 0 heterocycles. The molecule has 0 aliphatic heterocycles. The summed E-state index contributed by atoms with van der Waals surface area (Å²) in [5, 5.41) is 9.86. The number of rotatable bonds is 10. The first-order valence-corrected chi connectivity index (χ1v) is 12.3. The molecule has 0 aliphatic carbocycles. The smallest absolute Gasteiger partial charge is 0.481 e. The predicted molar refractivity (Wildman–Crippen MR) is 140 cm³/mol. The minimum absolute atomic E-state index is 0.135. The minimum Gasteiger partial charge on any atom is -0.481 e. The van der Waals surface area contributed by atoms with Gasteiger partial charge in [0.25, 0.3) is 0 Å². The molecule has 0 saturated heterocycles. The van der Waals surface area contributed by atoms with Gasteiger partial charge in [0.15, 0.2) is 0 Å². The van der Waals surface area contributed by atoms with Crippen LogP contribution >= 0.6 is 0 Å². The molecule has 0 aromatic heterocycles. The Bertz CT molecular complexity index is 1390. The monoisotopic (exact) mass is 537 g/mol. The number of aliphatic carboxylic acids is 1. The van der Waals surface area contributed by atoms with E-state index in [0.717, 1.165) is 11.1 Å². The van der Waals surface area contributed by atoms with E-state index in [1.165, 1.54) is 36.4 Å². The highest BCUT2D eigenvalue weighted by Gasteiger charge is 2.32. The summed E-state index contributed by atoms with van der Waals surface area (Å²) in [5.74, 6) is -2.12. The molecule has 4 rings (SSSR count). The molecule has 4 nitrogen and oxygen atoms in total. The van der Waals surface area contributed by atoms with E-state index in [0.29, 0.717) is 17.7 Å². The summed E-state index contributed by atoms with van der Waals surface area (Å²) in [4.78, 5) is 14.0. The average Bonchev–Trinajstić information content (AvgIpc) is 2.91. The number of halogens is 4. The summed E-state index contributed by atoms with van der Waals surface area (Å²) in [6.45, 7) is 2.28. The summed E-state index contributed by atoms with van der Waals surface area (Å²) in [7, 11) is 0. The van der Waals surface area contributed by atoms with Crippen LogP contribution < -0.4 is 4.74 Å². The maximum absolute atomic E-state index is 15.5. The lowest BCUT2D eigenvalue weighted by molar-refractivity contribution is -0.274. The van der Waals surface area contributed by atoms with Gasteiger partial charge in [-0.1, -0.05) is 78.9 Å². The molecule has 0 saturated carbocycles. The third kappa shape index (κ3) is 7.45. The first-order chi connectivity index (χ1) is 18.6. The van der Waals surface area contributed by atoms with Crippen LogP contribution in [0.3, 0.4) is 0 Å². The van der Waals surface area contributed by atoms with Crippen LogP contribution in [0.15, 0.2) is 103 Å². The fourth-order valence-corrected chi connectivity index (χ4v) is 4.66. The second-order valence-electron chi connectivity index (χ2n) is 9.17. The molecule has 4 aromatic rings. The molecule has 0 amide bonds. The highest BCUT2D eigenvalue weighted by molar-refractivity contribution is 5.69. The fourth-order valence-electron chi connectivity index (χ4n) is 4.66. The molecular formula is C31H27F4NO3. The van der Waals surface area contributed by atoms with Crippen molar-refractivity contribution in [1.82, 2.24) is 4.90 Å². The van der Waals surface area contributed by atoms with Crippen LogP contribution in [-0.4, -0.2) is 22.3 Å². The van der Waals surface area contributed by atoms with Crippen molar-refractivity contribution in [2.24, 2.45) is 0 Å². The van der Waals surface area contributed by atoms with Gasteiger partial charge in [0, 0.05) is 24.2 Å². The first-order valence-electron chi connectivity index (χ1n) is 12.3. The molecule has 8 heteroatoms. The normalized spacial score (nSPS) is 13.2. The van der Waals surface area contributed by atoms with Gasteiger partial charge in [-0.05, 0) is 53.4 Å². The second-order valence-corrected chi connectivity index (χ2v) is 9.17. The molecule has 39 heavy (non-hydrogen) atoms. The Morgan fingerprint density at radius 2 is 1.51 bits per heavy atom. The van der Waals surface area contributed by atoms with Crippen LogP contribution in [0.4, 0.5) is 17.6 Å². The number of benzene rings is 4. The lowest BCUT2D eigenvalue weighted by Gasteiger charge is -2.37. The second kappa shape index (κ2) is 12.1. The minimum atomic E-state index is -4.86. The Morgan fingerprint density at radius 1 is 0.872 bits per heavy atom. The first kappa shape index (κ1) is 27.9. The molecule has 0 bridgehead atoms. The van der Waals surface area contributed by atoms with E-state index in [1.54, 1.807) is 6.07 Å². The van der Waals surface area contributed by atoms with E-state index in [4.69, 9.17) is 0 Å². The van der Waals surface area contributed by atoms with Crippen molar-refractivity contribution in [2.45, 2.75) is 38.3 Å². The van der Waals surface area contributed by atoms with E-state index < -0.39 is 29.9 Å². The highest BCUT2D eigenvalue weighted by Crippen LogP contribution is 2.38. The lowest BCUT2D eigenvalue weighted by atomic mass is 9.93. The quantitative estimate of drug-likeness (QED) is 0.207. The number of ether oxygens (including phenoxy) is 1. The van der Waals surface area contributed by atoms with Gasteiger partial charge < -0.3 is 9.84 Å². The Balaban J connectivity index is 1.80. The number of carboxylic acids is 1. The van der Waals surface area contributed by atoms with E-state index in [1.807, 2.05) is 72.5 Å². The van der Waals surface area contributed by atoms with Gasteiger partial charge >= 0.3 is 12.3 Å². The van der Waals surface area contributed by atoms with Gasteiger partial charge in [0.1, 0.15) is 11.6 Å². The number of hydrogen-bond donors (Lipinski definition) is 1. The lowest BCUT2D eigenvalue weighted by Crippen LogP contribution is -2.33. The summed E-state index contributed by atoms with van der Waals surface area (Å²) in [6, 6.07) is 27.4. The Hall–Kier alpha value is -4.17. The summed E-state index contributed by atoms with van der Waals surface area (Å²) in [5.41, 5.74) is 2.79. The maximum atomic E-state index is 15.5. The van der Waals surface area contributed by atoms with Crippen molar-refractivity contribution in [1.29, 1.82) is 0 Å². The third-order valence-electron chi connectivity index (χ3n) is 6.51. The third-order valence-corrected chi connectivity index (χ3v) is 6.51. The zero-order chi connectivity index (χ0) is 28.0. The van der Waals surface area contributed by atoms with Crippen molar-refractivity contribution in [2.75, 3.05) is 0 Å². The Morgan fingerprint density at radius 3 is 2.15 bits per heavy atom. The molecule has 1 N–H and O–H groups in total. The molecule has 0 fully saturated rings. The SMILES string of the molecule is C[C@H](c1ccccc1)N(Cc1ccccc1)C(CC(=O)O)c1cc(-c2cccc(OC(F)(F)F)c2)ccc1F. The van der Waals surface area contributed by atoms with Gasteiger partial charge in [-0.25, -0.2) is 4.39 Å². The topological polar surface area (TPSA) is 49.8 Å². The van der Waals surface area contributed by atoms with Crippen molar-refractivity contribution < 1.29 is 32.2 Å². The summed E-state index contributed by atoms with van der Waals surface area (Å²) >= 11 is 0. The van der Waals surface area contributed by atoms with Crippen LogP contribution in [0.25, 0.3) is 11.1 Å². The van der Waals surface area contributed by atoms with Crippen LogP contribution in [0, 0.1) is 5.82 Å². The molecule has 0 spiro atoms. The van der Waals surface area contributed by atoms with Gasteiger partial charge in [-0.2, -0.15) is 0 Å². The Kier molecular flexibility index (Phi) is 8.66. The van der Waals surface area contributed by atoms with Gasteiger partial charge in [-0.15, -0.1) is 13.2 Å². The zero-order valence-corrected chi connectivity index (χ0v) is 21.1. The van der Waals surface area contributed by atoms with Gasteiger partial charge in [0.05, 0.1) is 6.42 Å². The van der Waals surface area contributed by atoms with Crippen LogP contribution in [0.5, 0.6) is 5.75 Å². The van der Waals surface area contributed by atoms with E-state index in [9.17, 15) is 23.1 Å². The fraction of sp³-hybridized carbons (Fsp3) is 0.194. The molecule has 1 unspecified atom stereocenters. The standard InChI is InChI=1S/C31H27F4NO3/c1-21(23-11-6-3-7-12-23)36(20-22-9-4-2-5-10-22)29(19-30(37)38)27-18-25(15-16-28(27)32)24-13-8-14-26(17-24)39-31(33,34)35/h2-18,21,29H,19-20H2,1H3,(H,37,38)/t21-,29?/m1/s1. The molecular weight excluding hydrogens is 510 g/mol. The van der Waals surface area contributed by atoms with Crippen LogP contribution in [0.1, 0.15) is 42.1 Å². The van der Waals surface area contributed by atoms with Crippen LogP contribution in [-0.2, 0) is 11.3 Å². The van der Waals surface area contributed by atoms with Crippen molar-refractivity contribution in [3.8, 4) is 16.9 Å². The summed E-state index contributed by atoms with van der Waals surface area (Å²) in [6.07, 6.45) is -5.24. The number of carboxylic acid groups (broad SMARTS) is 1. The predicted octanol–water partition coefficient (Wildman–Crippen LogP) is 8.17. The molecule has 0 radical (unpaired) electrons. The molecule has 202 valence electrons. The number of alkyl halides is 3. The van der Waals surface area contributed by atoms with E-state index >= 15 is 4.39 Å². The number of carbonyl (C=O) groups is 1. The molecule has 4 aromatic carbocycles. The largest absolute Gasteiger partial charge is 0.573 e. The maximum Gasteiger partial charge on any atom is 0.573 e. The average molecular weight is 538 g/mol. The zero-order valence-electron chi connectivity index (χ0n) is 21.1. The van der Waals surface area contributed by atoms with Gasteiger partial charge in [-0.3, -0.25) is 9.69 Å². The van der Waals surface area contributed by atoms with Crippen molar-refractivity contribution in [3.63, 3.8) is 0 Å². The summed E-state index contributed by atoms with van der Waals surface area (Å²) < 4.78 is 57.8. The Labute approximate surface area is 224 Å². The highest BCUT2D eigenvalue weighted by atomic mass is 19.4. The van der Waals surface area contributed by atoms with Crippen molar-refractivity contribution >= 4 is 5.97 Å². The number of nitrogens with zero attached hydrogens (tertiary/aromatic N) is 1. The molecule has 2 atom stereocenters. The van der Waals surface area contributed by atoms with Crippen LogP contribution in [0.2, 0.25) is 0 Å². The number of hydrogen-bond acceptors (Lipinski definition) is 3. The van der Waals surface area contributed by atoms with E-state index in [2.05, 4.69) is 4.74 Å². The van der Waals surface area contributed by atoms with Gasteiger partial charge in [0.2, 0.25) is 0 Å².